The molecule has 0 aliphatic heterocycles. The molecule has 4 heteroatoms. The molecule has 0 radical (unpaired) electrons. The van der Waals surface area contributed by atoms with E-state index in [0.717, 1.165) is 5.56 Å². The van der Waals surface area contributed by atoms with Gasteiger partial charge in [0.2, 0.25) is 0 Å². The first-order valence-electron chi connectivity index (χ1n) is 4.83. The van der Waals surface area contributed by atoms with E-state index in [4.69, 9.17) is 5.53 Å². The van der Waals surface area contributed by atoms with Crippen LogP contribution in [-0.4, -0.2) is 17.8 Å². The van der Waals surface area contributed by atoms with Crippen LogP contribution in [0, 0.1) is 0 Å². The third-order valence-corrected chi connectivity index (χ3v) is 2.71. The zero-order valence-corrected chi connectivity index (χ0v) is 8.96. The Morgan fingerprint density at radius 2 is 2.00 bits per heavy atom. The molecule has 0 aromatic heterocycles. The van der Waals surface area contributed by atoms with Crippen molar-refractivity contribution in [3.63, 3.8) is 0 Å². The van der Waals surface area contributed by atoms with Crippen LogP contribution in [0.2, 0.25) is 0 Å². The average Bonchev–Trinajstić information content (AvgIpc) is 2.27. The lowest BCUT2D eigenvalue weighted by atomic mass is 9.78. The first-order valence-corrected chi connectivity index (χ1v) is 4.83. The van der Waals surface area contributed by atoms with Gasteiger partial charge in [0.15, 0.2) is 0 Å². The van der Waals surface area contributed by atoms with E-state index >= 15 is 0 Å². The van der Waals surface area contributed by atoms with Gasteiger partial charge in [-0.2, -0.15) is 0 Å². The summed E-state index contributed by atoms with van der Waals surface area (Å²) in [6.07, 6.45) is 0. The zero-order chi connectivity index (χ0) is 11.3. The number of nitrogens with zero attached hydrogens (tertiary/aromatic N) is 3. The molecule has 1 aromatic rings. The molecule has 1 aromatic carbocycles. The van der Waals surface area contributed by atoms with Gasteiger partial charge in [-0.15, -0.1) is 0 Å². The first-order chi connectivity index (χ1) is 7.12. The van der Waals surface area contributed by atoms with Crippen LogP contribution in [0.3, 0.4) is 0 Å². The van der Waals surface area contributed by atoms with Crippen LogP contribution in [0.5, 0.6) is 0 Å². The van der Waals surface area contributed by atoms with Crippen LogP contribution < -0.4 is 0 Å². The molecule has 0 aliphatic rings. The number of aliphatic hydroxyl groups is 1. The smallest absolute Gasteiger partial charge is 0.0696 e. The highest BCUT2D eigenvalue weighted by Crippen LogP contribution is 2.28. The van der Waals surface area contributed by atoms with Gasteiger partial charge in [-0.1, -0.05) is 49.3 Å². The minimum atomic E-state index is -0.440. The molecule has 0 amide bonds. The molecule has 1 atom stereocenters. The molecule has 1 unspecified atom stereocenters. The molecule has 0 bridgehead atoms. The Labute approximate surface area is 89.2 Å². The van der Waals surface area contributed by atoms with Crippen LogP contribution in [0.25, 0.3) is 10.4 Å². The molecule has 0 fully saturated rings. The summed E-state index contributed by atoms with van der Waals surface area (Å²) in [6, 6.07) is 9.29. The van der Waals surface area contributed by atoms with E-state index in [1.54, 1.807) is 0 Å². The molecule has 15 heavy (non-hydrogen) atoms. The van der Waals surface area contributed by atoms with E-state index in [2.05, 4.69) is 10.0 Å². The van der Waals surface area contributed by atoms with Crippen molar-refractivity contribution in [2.45, 2.75) is 25.3 Å². The average molecular weight is 205 g/mol. The van der Waals surface area contributed by atoms with E-state index in [-0.39, 0.29) is 12.0 Å². The lowest BCUT2D eigenvalue weighted by molar-refractivity contribution is 0.220. The Hall–Kier alpha value is -1.51. The van der Waals surface area contributed by atoms with E-state index in [0.29, 0.717) is 0 Å². The maximum Gasteiger partial charge on any atom is 0.0696 e. The van der Waals surface area contributed by atoms with Gasteiger partial charge < -0.3 is 5.11 Å². The molecule has 80 valence electrons. The maximum absolute atomic E-state index is 9.19. The standard InChI is InChI=1S/C11H15N3O/c1-11(2,10(8-15)13-14-12)9-6-4-3-5-7-9/h3-7,10,15H,8H2,1-2H3. The molecular weight excluding hydrogens is 190 g/mol. The molecule has 1 rings (SSSR count). The second-order valence-corrected chi connectivity index (χ2v) is 3.99. The Balaban J connectivity index is 3.05. The summed E-state index contributed by atoms with van der Waals surface area (Å²) >= 11 is 0. The van der Waals surface area contributed by atoms with Crippen molar-refractivity contribution in [2.24, 2.45) is 5.11 Å². The fourth-order valence-electron chi connectivity index (χ4n) is 1.53. The van der Waals surface area contributed by atoms with E-state index in [1.165, 1.54) is 0 Å². The molecule has 0 spiro atoms. The quantitative estimate of drug-likeness (QED) is 0.458. The van der Waals surface area contributed by atoms with Crippen molar-refractivity contribution in [2.75, 3.05) is 6.61 Å². The van der Waals surface area contributed by atoms with Crippen LogP contribution in [0.4, 0.5) is 0 Å². The normalized spacial score (nSPS) is 13.0. The SMILES string of the molecule is CC(C)(c1ccccc1)C(CO)N=[N+]=[N-]. The Bertz CT molecular complexity index is 355. The number of aliphatic hydroxyl groups excluding tert-OH is 1. The Morgan fingerprint density at radius 3 is 2.47 bits per heavy atom. The summed E-state index contributed by atoms with van der Waals surface area (Å²) in [4.78, 5) is 2.76. The summed E-state index contributed by atoms with van der Waals surface area (Å²) < 4.78 is 0. The van der Waals surface area contributed by atoms with Crippen LogP contribution >= 0.6 is 0 Å². The van der Waals surface area contributed by atoms with Crippen molar-refractivity contribution >= 4 is 0 Å². The number of rotatable bonds is 4. The van der Waals surface area contributed by atoms with Crippen LogP contribution in [-0.2, 0) is 5.41 Å². The van der Waals surface area contributed by atoms with Crippen LogP contribution in [0.1, 0.15) is 19.4 Å². The summed E-state index contributed by atoms with van der Waals surface area (Å²) in [5.74, 6) is 0. The van der Waals surface area contributed by atoms with Crippen LogP contribution in [0.15, 0.2) is 35.4 Å². The van der Waals surface area contributed by atoms with E-state index in [9.17, 15) is 5.11 Å². The van der Waals surface area contributed by atoms with Gasteiger partial charge in [0.1, 0.15) is 0 Å². The summed E-state index contributed by atoms with van der Waals surface area (Å²) in [6.45, 7) is 3.77. The third kappa shape index (κ3) is 2.49. The van der Waals surface area contributed by atoms with E-state index in [1.807, 2.05) is 44.2 Å². The van der Waals surface area contributed by atoms with Gasteiger partial charge in [-0.05, 0) is 11.1 Å². The minimum Gasteiger partial charge on any atom is -0.396 e. The highest BCUT2D eigenvalue weighted by Gasteiger charge is 2.29. The lowest BCUT2D eigenvalue weighted by Crippen LogP contribution is -2.34. The third-order valence-electron chi connectivity index (χ3n) is 2.71. The molecule has 1 N–H and O–H groups in total. The monoisotopic (exact) mass is 205 g/mol. The van der Waals surface area contributed by atoms with Gasteiger partial charge in [-0.3, -0.25) is 0 Å². The molecule has 4 nitrogen and oxygen atoms in total. The van der Waals surface area contributed by atoms with Crippen molar-refractivity contribution in [3.05, 3.63) is 46.3 Å². The largest absolute Gasteiger partial charge is 0.396 e. The predicted molar refractivity (Wildman–Crippen MR) is 59.5 cm³/mol. The second-order valence-electron chi connectivity index (χ2n) is 3.99. The molecule has 0 saturated carbocycles. The van der Waals surface area contributed by atoms with Gasteiger partial charge in [0.25, 0.3) is 0 Å². The number of azide groups is 1. The highest BCUT2D eigenvalue weighted by atomic mass is 16.3. The Morgan fingerprint density at radius 1 is 1.40 bits per heavy atom. The number of benzene rings is 1. The molecule has 0 heterocycles. The topological polar surface area (TPSA) is 69.0 Å². The van der Waals surface area contributed by atoms with Gasteiger partial charge in [0, 0.05) is 10.3 Å². The highest BCUT2D eigenvalue weighted by molar-refractivity contribution is 5.25. The Kier molecular flexibility index (Phi) is 3.72. The summed E-state index contributed by atoms with van der Waals surface area (Å²) in [7, 11) is 0. The van der Waals surface area contributed by atoms with Gasteiger partial charge in [0.05, 0.1) is 12.6 Å². The fraction of sp³-hybridized carbons (Fsp3) is 0.455. The maximum atomic E-state index is 9.19. The van der Waals surface area contributed by atoms with Crippen molar-refractivity contribution in [1.29, 1.82) is 0 Å². The molecule has 0 aliphatic carbocycles. The number of hydrogen-bond donors (Lipinski definition) is 1. The van der Waals surface area contributed by atoms with Crippen molar-refractivity contribution < 1.29 is 5.11 Å². The zero-order valence-electron chi connectivity index (χ0n) is 8.96. The second kappa shape index (κ2) is 4.82. The first kappa shape index (κ1) is 11.6. The molecule has 0 saturated heterocycles. The van der Waals surface area contributed by atoms with Crippen molar-refractivity contribution in [3.8, 4) is 0 Å². The molecular formula is C11H15N3O. The summed E-state index contributed by atoms with van der Waals surface area (Å²) in [5.41, 5.74) is 9.12. The lowest BCUT2D eigenvalue weighted by Gasteiger charge is -2.30. The predicted octanol–water partition coefficient (Wildman–Crippen LogP) is 2.64. The van der Waals surface area contributed by atoms with Gasteiger partial charge >= 0.3 is 0 Å². The van der Waals surface area contributed by atoms with Gasteiger partial charge in [-0.25, -0.2) is 0 Å². The summed E-state index contributed by atoms with van der Waals surface area (Å²) in [5, 5.41) is 12.8. The number of hydrogen-bond acceptors (Lipinski definition) is 2. The fourth-order valence-corrected chi connectivity index (χ4v) is 1.53. The van der Waals surface area contributed by atoms with E-state index < -0.39 is 6.04 Å². The minimum absolute atomic E-state index is 0.147. The van der Waals surface area contributed by atoms with Crippen molar-refractivity contribution in [1.82, 2.24) is 0 Å².